The molecule has 1 heterocycles. The first-order valence-electron chi connectivity index (χ1n) is 10.4. The Morgan fingerprint density at radius 3 is 1.88 bits per heavy atom. The van der Waals surface area contributed by atoms with Gasteiger partial charge in [0.25, 0.3) is 0 Å². The Bertz CT molecular complexity index is 1100. The summed E-state index contributed by atoms with van der Waals surface area (Å²) in [6.45, 7) is 2.00. The minimum atomic E-state index is -0.289. The number of methoxy groups -OCH3 is 4. The van der Waals surface area contributed by atoms with Crippen LogP contribution in [0.3, 0.4) is 0 Å². The monoisotopic (exact) mass is 433 g/mol. The number of amides is 1. The number of β-lactam (4-membered cyclic amide) rings is 1. The van der Waals surface area contributed by atoms with Crippen LogP contribution in [-0.2, 0) is 4.79 Å². The fourth-order valence-electron chi connectivity index (χ4n) is 4.40. The predicted octanol–water partition coefficient (Wildman–Crippen LogP) is 4.90. The van der Waals surface area contributed by atoms with Gasteiger partial charge in [0, 0.05) is 12.1 Å². The molecule has 0 radical (unpaired) electrons. The summed E-state index contributed by atoms with van der Waals surface area (Å²) >= 11 is 0. The van der Waals surface area contributed by atoms with Gasteiger partial charge in [0.1, 0.15) is 5.75 Å². The fraction of sp³-hybridized carbons (Fsp3) is 0.269. The molecule has 3 aromatic rings. The van der Waals surface area contributed by atoms with Crippen molar-refractivity contribution in [1.29, 1.82) is 0 Å². The number of anilines is 1. The summed E-state index contributed by atoms with van der Waals surface area (Å²) in [6, 6.07) is 19.4. The molecule has 32 heavy (non-hydrogen) atoms. The van der Waals surface area contributed by atoms with E-state index < -0.39 is 0 Å². The highest BCUT2D eigenvalue weighted by Crippen LogP contribution is 2.52. The summed E-state index contributed by atoms with van der Waals surface area (Å²) in [7, 11) is 6.35. The number of rotatable bonds is 7. The van der Waals surface area contributed by atoms with E-state index in [1.807, 2.05) is 61.5 Å². The molecular weight excluding hydrogens is 406 g/mol. The zero-order chi connectivity index (χ0) is 22.8. The lowest BCUT2D eigenvalue weighted by Gasteiger charge is -2.48. The third-order valence-electron chi connectivity index (χ3n) is 5.94. The molecule has 1 aliphatic heterocycles. The van der Waals surface area contributed by atoms with Crippen LogP contribution in [0.1, 0.15) is 28.7 Å². The van der Waals surface area contributed by atoms with Crippen molar-refractivity contribution in [3.8, 4) is 23.0 Å². The second-order valence-corrected chi connectivity index (χ2v) is 7.65. The van der Waals surface area contributed by atoms with Gasteiger partial charge in [-0.2, -0.15) is 0 Å². The van der Waals surface area contributed by atoms with Crippen molar-refractivity contribution in [2.24, 2.45) is 0 Å². The van der Waals surface area contributed by atoms with Gasteiger partial charge in [-0.3, -0.25) is 4.79 Å². The molecule has 6 heteroatoms. The van der Waals surface area contributed by atoms with Gasteiger partial charge in [-0.25, -0.2) is 0 Å². The Hall–Kier alpha value is -3.67. The normalized spacial score (nSPS) is 17.5. The van der Waals surface area contributed by atoms with Gasteiger partial charge in [0.2, 0.25) is 11.7 Å². The van der Waals surface area contributed by atoms with Gasteiger partial charge < -0.3 is 23.8 Å². The maximum atomic E-state index is 13.5. The van der Waals surface area contributed by atoms with Crippen molar-refractivity contribution in [2.75, 3.05) is 33.3 Å². The molecule has 0 N–H and O–H groups in total. The molecule has 1 fully saturated rings. The lowest BCUT2D eigenvalue weighted by atomic mass is 9.77. The van der Waals surface area contributed by atoms with Gasteiger partial charge in [-0.1, -0.05) is 42.5 Å². The average molecular weight is 434 g/mol. The van der Waals surface area contributed by atoms with Crippen molar-refractivity contribution in [3.05, 3.63) is 77.4 Å². The second-order valence-electron chi connectivity index (χ2n) is 7.65. The predicted molar refractivity (Wildman–Crippen MR) is 123 cm³/mol. The molecule has 6 nitrogen and oxygen atoms in total. The van der Waals surface area contributed by atoms with E-state index in [0.29, 0.717) is 22.9 Å². The van der Waals surface area contributed by atoms with E-state index in [1.54, 1.807) is 33.3 Å². The Morgan fingerprint density at radius 1 is 0.719 bits per heavy atom. The van der Waals surface area contributed by atoms with Crippen LogP contribution >= 0.6 is 0 Å². The molecule has 2 atom stereocenters. The zero-order valence-corrected chi connectivity index (χ0v) is 18.9. The first kappa shape index (κ1) is 21.6. The highest BCUT2D eigenvalue weighted by molar-refractivity contribution is 6.07. The number of aryl methyl sites for hydroxylation is 1. The molecule has 0 aromatic heterocycles. The maximum absolute atomic E-state index is 13.5. The lowest BCUT2D eigenvalue weighted by Crippen LogP contribution is -2.53. The second kappa shape index (κ2) is 8.83. The Balaban J connectivity index is 1.84. The largest absolute Gasteiger partial charge is 0.496 e. The Morgan fingerprint density at radius 2 is 1.34 bits per heavy atom. The van der Waals surface area contributed by atoms with Crippen LogP contribution in [-0.4, -0.2) is 34.3 Å². The van der Waals surface area contributed by atoms with E-state index in [2.05, 4.69) is 6.07 Å². The van der Waals surface area contributed by atoms with Crippen molar-refractivity contribution >= 4 is 11.6 Å². The number of hydrogen-bond donors (Lipinski definition) is 0. The van der Waals surface area contributed by atoms with E-state index in [4.69, 9.17) is 18.9 Å². The molecule has 1 aliphatic rings. The highest BCUT2D eigenvalue weighted by Gasteiger charge is 2.50. The van der Waals surface area contributed by atoms with Crippen LogP contribution in [0.25, 0.3) is 0 Å². The van der Waals surface area contributed by atoms with E-state index in [0.717, 1.165) is 22.4 Å². The standard InChI is InChI=1S/C26H27NO5/c1-16-13-18(11-12-20(16)29-2)24-23(17-9-7-6-8-10-17)26(28)27(24)19-14-21(30-3)25(32-5)22(15-19)31-4/h6-15,23-24H,1-5H3/t23-,24-/m0/s1. The third kappa shape index (κ3) is 3.51. The Kier molecular flexibility index (Phi) is 5.95. The molecule has 0 unspecified atom stereocenters. The van der Waals surface area contributed by atoms with Crippen LogP contribution < -0.4 is 23.8 Å². The molecule has 0 bridgehead atoms. The lowest BCUT2D eigenvalue weighted by molar-refractivity contribution is -0.126. The van der Waals surface area contributed by atoms with E-state index in [-0.39, 0.29) is 17.9 Å². The number of carbonyl (C=O) groups excluding carboxylic acids is 1. The molecule has 3 aromatic carbocycles. The van der Waals surface area contributed by atoms with Crippen molar-refractivity contribution in [1.82, 2.24) is 0 Å². The number of hydrogen-bond acceptors (Lipinski definition) is 5. The quantitative estimate of drug-likeness (QED) is 0.496. The molecule has 4 rings (SSSR count). The fourth-order valence-corrected chi connectivity index (χ4v) is 4.40. The first-order chi connectivity index (χ1) is 15.5. The zero-order valence-electron chi connectivity index (χ0n) is 18.9. The van der Waals surface area contributed by atoms with Crippen molar-refractivity contribution in [3.63, 3.8) is 0 Å². The van der Waals surface area contributed by atoms with Crippen LogP contribution in [0, 0.1) is 6.92 Å². The first-order valence-corrected chi connectivity index (χ1v) is 10.4. The Labute approximate surface area is 188 Å². The van der Waals surface area contributed by atoms with E-state index >= 15 is 0 Å². The maximum Gasteiger partial charge on any atom is 0.237 e. The van der Waals surface area contributed by atoms with E-state index in [1.165, 1.54) is 0 Å². The summed E-state index contributed by atoms with van der Waals surface area (Å²) in [5.74, 6) is 2.04. The highest BCUT2D eigenvalue weighted by atomic mass is 16.5. The molecule has 0 spiro atoms. The summed E-state index contributed by atoms with van der Waals surface area (Å²) in [5, 5.41) is 0. The van der Waals surface area contributed by atoms with E-state index in [9.17, 15) is 4.79 Å². The summed E-state index contributed by atoms with van der Waals surface area (Å²) in [6.07, 6.45) is 0. The molecular formula is C26H27NO5. The van der Waals surface area contributed by atoms with Crippen molar-refractivity contribution < 1.29 is 23.7 Å². The SMILES string of the molecule is COc1ccc([C@H]2[C@H](c3ccccc3)C(=O)N2c2cc(OC)c(OC)c(OC)c2)cc1C. The number of ether oxygens (including phenoxy) is 4. The van der Waals surface area contributed by atoms with Gasteiger partial charge in [0.05, 0.1) is 46.1 Å². The van der Waals surface area contributed by atoms with Crippen LogP contribution in [0.2, 0.25) is 0 Å². The van der Waals surface area contributed by atoms with Gasteiger partial charge in [0.15, 0.2) is 11.5 Å². The van der Waals surface area contributed by atoms with Crippen LogP contribution in [0.5, 0.6) is 23.0 Å². The van der Waals surface area contributed by atoms with Crippen LogP contribution in [0.15, 0.2) is 60.7 Å². The molecule has 1 amide bonds. The van der Waals surface area contributed by atoms with Gasteiger partial charge in [-0.05, 0) is 29.7 Å². The van der Waals surface area contributed by atoms with Crippen LogP contribution in [0.4, 0.5) is 5.69 Å². The average Bonchev–Trinajstić information content (AvgIpc) is 2.82. The summed E-state index contributed by atoms with van der Waals surface area (Å²) in [4.78, 5) is 15.3. The molecule has 166 valence electrons. The van der Waals surface area contributed by atoms with Gasteiger partial charge in [-0.15, -0.1) is 0 Å². The smallest absolute Gasteiger partial charge is 0.237 e. The molecule has 0 aliphatic carbocycles. The number of carbonyl (C=O) groups is 1. The number of benzene rings is 3. The minimum absolute atomic E-state index is 0.0175. The summed E-state index contributed by atoms with van der Waals surface area (Å²) in [5.41, 5.74) is 3.72. The number of nitrogens with zero attached hydrogens (tertiary/aromatic N) is 1. The molecule has 0 saturated carbocycles. The van der Waals surface area contributed by atoms with Crippen molar-refractivity contribution in [2.45, 2.75) is 18.9 Å². The summed E-state index contributed by atoms with van der Waals surface area (Å²) < 4.78 is 21.9. The molecule has 1 saturated heterocycles. The minimum Gasteiger partial charge on any atom is -0.496 e. The third-order valence-corrected chi connectivity index (χ3v) is 5.94. The topological polar surface area (TPSA) is 57.2 Å². The van der Waals surface area contributed by atoms with Gasteiger partial charge >= 0.3 is 0 Å².